The summed E-state index contributed by atoms with van der Waals surface area (Å²) in [5.41, 5.74) is 0. The molecule has 1 rings (SSSR count). The molecule has 0 saturated heterocycles. The van der Waals surface area contributed by atoms with Crippen LogP contribution in [0.4, 0.5) is 0 Å². The van der Waals surface area contributed by atoms with Crippen LogP contribution < -0.4 is 0 Å². The van der Waals surface area contributed by atoms with Crippen LogP contribution in [0.5, 0.6) is 0 Å². The third kappa shape index (κ3) is 4.38. The lowest BCUT2D eigenvalue weighted by molar-refractivity contribution is 1.25. The van der Waals surface area contributed by atoms with Crippen molar-refractivity contribution >= 4 is 0 Å². The summed E-state index contributed by atoms with van der Waals surface area (Å²) in [6.07, 6.45) is 21.0. The van der Waals surface area contributed by atoms with Gasteiger partial charge in [0.05, 0.1) is 0 Å². The van der Waals surface area contributed by atoms with E-state index in [0.717, 1.165) is 12.8 Å². The Balaban J connectivity index is 2.47. The average molecular weight is 145 g/mol. The van der Waals surface area contributed by atoms with Gasteiger partial charge in [0.2, 0.25) is 0 Å². The third-order valence-corrected chi connectivity index (χ3v) is 1.43. The molecule has 0 heterocycles. The van der Waals surface area contributed by atoms with Crippen molar-refractivity contribution in [1.82, 2.24) is 0 Å². The van der Waals surface area contributed by atoms with Crippen molar-refractivity contribution in [3.63, 3.8) is 0 Å². The van der Waals surface area contributed by atoms with E-state index >= 15 is 0 Å². The molecule has 0 aromatic rings. The van der Waals surface area contributed by atoms with Crippen molar-refractivity contribution in [2.24, 2.45) is 0 Å². The van der Waals surface area contributed by atoms with Gasteiger partial charge in [0.15, 0.2) is 0 Å². The van der Waals surface area contributed by atoms with E-state index in [4.69, 9.17) is 0 Å². The van der Waals surface area contributed by atoms with Crippen LogP contribution in [0.2, 0.25) is 0 Å². The van der Waals surface area contributed by atoms with Crippen LogP contribution in [0.3, 0.4) is 0 Å². The Morgan fingerprint density at radius 3 is 2.27 bits per heavy atom. The Bertz CT molecular complexity index is 192. The average Bonchev–Trinajstić information content (AvgIpc) is 2.08. The van der Waals surface area contributed by atoms with E-state index < -0.39 is 0 Å². The monoisotopic (exact) mass is 145 g/mol. The summed E-state index contributed by atoms with van der Waals surface area (Å²) < 4.78 is 0. The maximum atomic E-state index is 2.18. The van der Waals surface area contributed by atoms with Gasteiger partial charge < -0.3 is 0 Å². The first kappa shape index (κ1) is 8.06. The van der Waals surface area contributed by atoms with E-state index in [9.17, 15) is 0 Å². The molecule has 0 saturated carbocycles. The summed E-state index contributed by atoms with van der Waals surface area (Å²) in [7, 11) is 0. The Hall–Kier alpha value is -1.04. The Morgan fingerprint density at radius 2 is 1.27 bits per heavy atom. The van der Waals surface area contributed by atoms with Gasteiger partial charge in [-0.05, 0) is 19.3 Å². The molecule has 0 N–H and O–H groups in total. The lowest BCUT2D eigenvalue weighted by Gasteiger charge is -1.83. The zero-order chi connectivity index (χ0) is 7.78. The highest BCUT2D eigenvalue weighted by Crippen LogP contribution is 1.96. The lowest BCUT2D eigenvalue weighted by Crippen LogP contribution is -1.64. The van der Waals surface area contributed by atoms with Crippen LogP contribution in [-0.2, 0) is 0 Å². The van der Waals surface area contributed by atoms with Crippen molar-refractivity contribution in [2.75, 3.05) is 0 Å². The van der Waals surface area contributed by atoms with Gasteiger partial charge in [-0.3, -0.25) is 0 Å². The van der Waals surface area contributed by atoms with Gasteiger partial charge in [-0.25, -0.2) is 0 Å². The topological polar surface area (TPSA) is 0 Å². The molecular formula is C11H13. The second-order valence-electron chi connectivity index (χ2n) is 2.38. The minimum Gasteiger partial charge on any atom is -0.0876 e. The standard InChI is InChI=1S/C11H13/c1-2-4-6-8-10-11-9-7-5-3-1/h1-7,10-11H,8-9H2. The molecule has 0 bridgehead atoms. The molecule has 0 aromatic carbocycles. The lowest BCUT2D eigenvalue weighted by atomic mass is 10.2. The Kier molecular flexibility index (Phi) is 4.19. The van der Waals surface area contributed by atoms with Crippen molar-refractivity contribution in [3.8, 4) is 0 Å². The quantitative estimate of drug-likeness (QED) is 0.459. The van der Waals surface area contributed by atoms with Crippen molar-refractivity contribution in [1.29, 1.82) is 0 Å². The summed E-state index contributed by atoms with van der Waals surface area (Å²) in [5, 5.41) is 0. The molecule has 1 aliphatic carbocycles. The molecule has 0 aromatic heterocycles. The number of allylic oxidation sites excluding steroid dienone is 8. The zero-order valence-electron chi connectivity index (χ0n) is 6.61. The second-order valence-corrected chi connectivity index (χ2v) is 2.38. The molecule has 1 radical (unpaired) electrons. The van der Waals surface area contributed by atoms with E-state index in [0.29, 0.717) is 0 Å². The molecule has 0 spiro atoms. The summed E-state index contributed by atoms with van der Waals surface area (Å²) >= 11 is 0. The highest BCUT2D eigenvalue weighted by atomic mass is 13.8. The summed E-state index contributed by atoms with van der Waals surface area (Å²) in [6.45, 7) is 0. The molecule has 57 valence electrons. The first-order valence-corrected chi connectivity index (χ1v) is 3.97. The normalized spacial score (nSPS) is 18.2. The molecule has 0 unspecified atom stereocenters. The van der Waals surface area contributed by atoms with Crippen molar-refractivity contribution in [3.05, 3.63) is 55.0 Å². The fourth-order valence-corrected chi connectivity index (χ4v) is 0.856. The summed E-state index contributed by atoms with van der Waals surface area (Å²) in [6, 6.07) is 0. The zero-order valence-corrected chi connectivity index (χ0v) is 6.61. The molecule has 0 nitrogen and oxygen atoms in total. The first-order chi connectivity index (χ1) is 5.50. The Labute approximate surface area is 68.6 Å². The third-order valence-electron chi connectivity index (χ3n) is 1.43. The van der Waals surface area contributed by atoms with Gasteiger partial charge in [-0.2, -0.15) is 0 Å². The summed E-state index contributed by atoms with van der Waals surface area (Å²) in [4.78, 5) is 0. The van der Waals surface area contributed by atoms with Crippen LogP contribution in [0.15, 0.2) is 48.6 Å². The molecule has 0 aliphatic heterocycles. The molecule has 11 heavy (non-hydrogen) atoms. The van der Waals surface area contributed by atoms with Gasteiger partial charge >= 0.3 is 0 Å². The van der Waals surface area contributed by atoms with Gasteiger partial charge in [-0.15, -0.1) is 0 Å². The minimum atomic E-state index is 1.04. The number of rotatable bonds is 0. The van der Waals surface area contributed by atoms with Gasteiger partial charge in [-0.1, -0.05) is 48.6 Å². The fraction of sp³-hybridized carbons (Fsp3) is 0.182. The van der Waals surface area contributed by atoms with Crippen molar-refractivity contribution < 1.29 is 0 Å². The van der Waals surface area contributed by atoms with E-state index in [1.54, 1.807) is 0 Å². The molecule has 0 atom stereocenters. The predicted octanol–water partition coefficient (Wildman–Crippen LogP) is 3.21. The summed E-state index contributed by atoms with van der Waals surface area (Å²) in [5.74, 6) is 0. The van der Waals surface area contributed by atoms with Crippen LogP contribution in [0, 0.1) is 6.42 Å². The van der Waals surface area contributed by atoms with Gasteiger partial charge in [0, 0.05) is 0 Å². The number of hydrogen-bond acceptors (Lipinski definition) is 0. The molecule has 0 fully saturated rings. The van der Waals surface area contributed by atoms with E-state index in [1.807, 2.05) is 18.2 Å². The van der Waals surface area contributed by atoms with Crippen LogP contribution in [0.1, 0.15) is 12.8 Å². The van der Waals surface area contributed by atoms with Crippen LogP contribution >= 0.6 is 0 Å². The molecule has 1 aliphatic rings. The van der Waals surface area contributed by atoms with E-state index in [1.165, 1.54) is 0 Å². The highest BCUT2D eigenvalue weighted by Gasteiger charge is 1.77. The van der Waals surface area contributed by atoms with E-state index in [-0.39, 0.29) is 0 Å². The minimum absolute atomic E-state index is 1.04. The molecular weight excluding hydrogens is 132 g/mol. The maximum absolute atomic E-state index is 2.18. The van der Waals surface area contributed by atoms with Crippen LogP contribution in [-0.4, -0.2) is 0 Å². The fourth-order valence-electron chi connectivity index (χ4n) is 0.856. The molecule has 0 heteroatoms. The Morgan fingerprint density at radius 1 is 0.545 bits per heavy atom. The first-order valence-electron chi connectivity index (χ1n) is 3.97. The predicted molar refractivity (Wildman–Crippen MR) is 50.1 cm³/mol. The smallest absolute Gasteiger partial charge is 0.0130 e. The number of hydrogen-bond donors (Lipinski definition) is 0. The van der Waals surface area contributed by atoms with Gasteiger partial charge in [0.25, 0.3) is 0 Å². The maximum Gasteiger partial charge on any atom is -0.0130 e. The highest BCUT2D eigenvalue weighted by molar-refractivity contribution is 5.15. The van der Waals surface area contributed by atoms with E-state index in [2.05, 4.69) is 36.8 Å². The van der Waals surface area contributed by atoms with Gasteiger partial charge in [0.1, 0.15) is 0 Å². The molecule has 0 amide bonds. The van der Waals surface area contributed by atoms with Crippen LogP contribution in [0.25, 0.3) is 0 Å². The van der Waals surface area contributed by atoms with Crippen molar-refractivity contribution in [2.45, 2.75) is 12.8 Å². The largest absolute Gasteiger partial charge is 0.0876 e. The second kappa shape index (κ2) is 5.72. The SMILES string of the molecule is [CH]1C=CC=CC=CCC=CC1.